The minimum atomic E-state index is 0.419. The number of hydrogen-bond acceptors (Lipinski definition) is 8. The molecule has 5 heterocycles. The molecule has 2 aromatic rings. The standard InChI is InChI=1S/C23H29ClN6OS/c24-19-9-16(15-1-3-29(4-2-15)17-11-25-12-17)10-20-21(19)31-13-18-22(28-20)26-14-27-23(18)30-5-7-32-8-6-30/h9-10,14-15,17,25H,1-8,11-13H2,(H,26,27,28). The molecule has 0 atom stereocenters. The smallest absolute Gasteiger partial charge is 0.161 e. The summed E-state index contributed by atoms with van der Waals surface area (Å²) in [6, 6.07) is 5.06. The summed E-state index contributed by atoms with van der Waals surface area (Å²) in [5, 5.41) is 7.60. The Labute approximate surface area is 198 Å². The fraction of sp³-hybridized carbons (Fsp3) is 0.565. The number of likely N-dealkylation sites (tertiary alicyclic amines) is 1. The molecule has 3 saturated heterocycles. The van der Waals surface area contributed by atoms with Crippen molar-refractivity contribution in [1.29, 1.82) is 0 Å². The Morgan fingerprint density at radius 3 is 2.62 bits per heavy atom. The van der Waals surface area contributed by atoms with Crippen molar-refractivity contribution in [3.05, 3.63) is 34.6 Å². The molecule has 7 nitrogen and oxygen atoms in total. The van der Waals surface area contributed by atoms with Gasteiger partial charge in [0.2, 0.25) is 0 Å². The third kappa shape index (κ3) is 3.91. The highest BCUT2D eigenvalue weighted by molar-refractivity contribution is 7.99. The van der Waals surface area contributed by atoms with E-state index in [1.807, 2.05) is 11.8 Å². The number of rotatable bonds is 3. The zero-order valence-corrected chi connectivity index (χ0v) is 19.7. The van der Waals surface area contributed by atoms with Gasteiger partial charge in [0.05, 0.1) is 16.3 Å². The molecule has 170 valence electrons. The van der Waals surface area contributed by atoms with Crippen LogP contribution < -0.4 is 20.3 Å². The van der Waals surface area contributed by atoms with Crippen LogP contribution in [0.1, 0.15) is 29.9 Å². The van der Waals surface area contributed by atoms with Gasteiger partial charge < -0.3 is 20.3 Å². The third-order valence-corrected chi connectivity index (χ3v) is 8.41. The quantitative estimate of drug-likeness (QED) is 0.704. The molecular formula is C23H29ClN6OS. The van der Waals surface area contributed by atoms with Crippen LogP contribution >= 0.6 is 23.4 Å². The first kappa shape index (κ1) is 20.8. The maximum absolute atomic E-state index is 6.75. The van der Waals surface area contributed by atoms with E-state index in [1.165, 1.54) is 18.4 Å². The molecule has 6 rings (SSSR count). The maximum Gasteiger partial charge on any atom is 0.161 e. The van der Waals surface area contributed by atoms with Gasteiger partial charge in [-0.2, -0.15) is 11.8 Å². The number of thioether (sulfide) groups is 1. The number of nitrogens with zero attached hydrogens (tertiary/aromatic N) is 4. The summed E-state index contributed by atoms with van der Waals surface area (Å²) < 4.78 is 6.23. The van der Waals surface area contributed by atoms with Crippen LogP contribution in [-0.2, 0) is 6.61 Å². The van der Waals surface area contributed by atoms with Crippen LogP contribution in [0, 0.1) is 0 Å². The highest BCUT2D eigenvalue weighted by atomic mass is 35.5. The molecule has 2 N–H and O–H groups in total. The van der Waals surface area contributed by atoms with E-state index in [2.05, 4.69) is 42.5 Å². The van der Waals surface area contributed by atoms with Gasteiger partial charge in [-0.25, -0.2) is 9.97 Å². The van der Waals surface area contributed by atoms with E-state index in [0.29, 0.717) is 23.3 Å². The Morgan fingerprint density at radius 2 is 1.88 bits per heavy atom. The number of aromatic nitrogens is 2. The monoisotopic (exact) mass is 472 g/mol. The Morgan fingerprint density at radius 1 is 1.06 bits per heavy atom. The molecule has 4 aliphatic heterocycles. The van der Waals surface area contributed by atoms with Crippen LogP contribution in [0.25, 0.3) is 0 Å². The molecule has 1 aromatic carbocycles. The average molecular weight is 473 g/mol. The van der Waals surface area contributed by atoms with Gasteiger partial charge in [-0.3, -0.25) is 4.90 Å². The molecular weight excluding hydrogens is 444 g/mol. The Bertz CT molecular complexity index is 989. The topological polar surface area (TPSA) is 65.5 Å². The van der Waals surface area contributed by atoms with Crippen molar-refractivity contribution in [3.63, 3.8) is 0 Å². The minimum absolute atomic E-state index is 0.419. The van der Waals surface area contributed by atoms with Crippen molar-refractivity contribution in [2.45, 2.75) is 31.4 Å². The third-order valence-electron chi connectivity index (χ3n) is 7.19. The normalized spacial score (nSPS) is 22.2. The maximum atomic E-state index is 6.75. The molecule has 32 heavy (non-hydrogen) atoms. The molecule has 0 saturated carbocycles. The fourth-order valence-electron chi connectivity index (χ4n) is 5.18. The van der Waals surface area contributed by atoms with E-state index >= 15 is 0 Å². The lowest BCUT2D eigenvalue weighted by Gasteiger charge is -2.42. The minimum Gasteiger partial charge on any atom is -0.485 e. The van der Waals surface area contributed by atoms with Crippen LogP contribution in [0.3, 0.4) is 0 Å². The van der Waals surface area contributed by atoms with Crippen LogP contribution in [0.4, 0.5) is 17.3 Å². The highest BCUT2D eigenvalue weighted by Crippen LogP contribution is 2.43. The van der Waals surface area contributed by atoms with Gasteiger partial charge in [-0.1, -0.05) is 11.6 Å². The molecule has 0 bridgehead atoms. The van der Waals surface area contributed by atoms with E-state index < -0.39 is 0 Å². The Balaban J connectivity index is 1.25. The Hall–Kier alpha value is -1.74. The second kappa shape index (κ2) is 8.89. The number of piperidine rings is 1. The van der Waals surface area contributed by atoms with Crippen molar-refractivity contribution in [2.24, 2.45) is 0 Å². The molecule has 0 aliphatic carbocycles. The summed E-state index contributed by atoms with van der Waals surface area (Å²) in [7, 11) is 0. The first-order chi connectivity index (χ1) is 15.8. The van der Waals surface area contributed by atoms with Crippen molar-refractivity contribution < 1.29 is 4.74 Å². The van der Waals surface area contributed by atoms with Crippen molar-refractivity contribution >= 4 is 40.7 Å². The van der Waals surface area contributed by atoms with E-state index in [0.717, 1.165) is 79.7 Å². The number of nitrogens with one attached hydrogen (secondary N) is 2. The SMILES string of the molecule is Clc1cc(C2CCN(C3CNC3)CC2)cc2c1OCc1c(ncnc1N1CCSCC1)N2. The predicted molar refractivity (Wildman–Crippen MR) is 131 cm³/mol. The molecule has 0 spiro atoms. The first-order valence-electron chi connectivity index (χ1n) is 11.6. The second-order valence-corrected chi connectivity index (χ2v) is 10.7. The summed E-state index contributed by atoms with van der Waals surface area (Å²) in [4.78, 5) is 14.1. The molecule has 0 amide bonds. The number of anilines is 3. The number of halogens is 1. The molecule has 4 aliphatic rings. The summed E-state index contributed by atoms with van der Waals surface area (Å²) >= 11 is 8.74. The zero-order chi connectivity index (χ0) is 21.5. The number of fused-ring (bicyclic) bond motifs is 2. The van der Waals surface area contributed by atoms with Gasteiger partial charge in [-0.15, -0.1) is 0 Å². The molecule has 0 unspecified atom stereocenters. The van der Waals surface area contributed by atoms with E-state index in [1.54, 1.807) is 6.33 Å². The molecule has 1 aromatic heterocycles. The lowest BCUT2D eigenvalue weighted by atomic mass is 9.88. The second-order valence-electron chi connectivity index (χ2n) is 9.04. The fourth-order valence-corrected chi connectivity index (χ4v) is 6.37. The first-order valence-corrected chi connectivity index (χ1v) is 13.1. The molecule has 3 fully saturated rings. The summed E-state index contributed by atoms with van der Waals surface area (Å²) in [5.41, 5.74) is 3.22. The summed E-state index contributed by atoms with van der Waals surface area (Å²) in [6.07, 6.45) is 4.00. The highest BCUT2D eigenvalue weighted by Gasteiger charge is 2.30. The lowest BCUT2D eigenvalue weighted by molar-refractivity contribution is 0.113. The number of ether oxygens (including phenoxy) is 1. The van der Waals surface area contributed by atoms with Crippen LogP contribution in [-0.4, -0.2) is 71.7 Å². The number of benzene rings is 1. The largest absolute Gasteiger partial charge is 0.485 e. The molecule has 9 heteroatoms. The van der Waals surface area contributed by atoms with E-state index in [-0.39, 0.29) is 0 Å². The van der Waals surface area contributed by atoms with Gasteiger partial charge in [-0.05, 0) is 49.5 Å². The summed E-state index contributed by atoms with van der Waals surface area (Å²) in [5.74, 6) is 5.29. The average Bonchev–Trinajstić information content (AvgIpc) is 2.98. The Kier molecular flexibility index (Phi) is 5.79. The van der Waals surface area contributed by atoms with Crippen LogP contribution in [0.15, 0.2) is 18.5 Å². The zero-order valence-electron chi connectivity index (χ0n) is 18.1. The van der Waals surface area contributed by atoms with Gasteiger partial charge >= 0.3 is 0 Å². The van der Waals surface area contributed by atoms with Gasteiger partial charge in [0.15, 0.2) is 5.75 Å². The van der Waals surface area contributed by atoms with Gasteiger partial charge in [0.1, 0.15) is 24.6 Å². The van der Waals surface area contributed by atoms with Crippen molar-refractivity contribution in [2.75, 3.05) is 61.0 Å². The molecule has 0 radical (unpaired) electrons. The number of hydrogen-bond donors (Lipinski definition) is 2. The van der Waals surface area contributed by atoms with Crippen LogP contribution in [0.5, 0.6) is 5.75 Å². The lowest BCUT2D eigenvalue weighted by Crippen LogP contribution is -2.58. The van der Waals surface area contributed by atoms with Crippen molar-refractivity contribution in [3.8, 4) is 5.75 Å². The van der Waals surface area contributed by atoms with E-state index in [4.69, 9.17) is 16.3 Å². The van der Waals surface area contributed by atoms with Gasteiger partial charge in [0, 0.05) is 43.7 Å². The van der Waals surface area contributed by atoms with Gasteiger partial charge in [0.25, 0.3) is 0 Å². The van der Waals surface area contributed by atoms with Crippen LogP contribution in [0.2, 0.25) is 5.02 Å². The van der Waals surface area contributed by atoms with Crippen molar-refractivity contribution in [1.82, 2.24) is 20.2 Å². The summed E-state index contributed by atoms with van der Waals surface area (Å²) in [6.45, 7) is 7.00. The predicted octanol–water partition coefficient (Wildman–Crippen LogP) is 3.47. The van der Waals surface area contributed by atoms with E-state index in [9.17, 15) is 0 Å².